The first-order valence-corrected chi connectivity index (χ1v) is 14.6. The molecule has 5 heterocycles. The minimum atomic E-state index is -3.49. The molecule has 9 nitrogen and oxygen atoms in total. The van der Waals surface area contributed by atoms with E-state index in [4.69, 9.17) is 4.74 Å². The van der Waals surface area contributed by atoms with Crippen molar-refractivity contribution in [1.82, 2.24) is 29.7 Å². The quantitative estimate of drug-likeness (QED) is 0.477. The Morgan fingerprint density at radius 1 is 1.19 bits per heavy atom. The molecule has 3 aromatic rings. The van der Waals surface area contributed by atoms with Gasteiger partial charge < -0.3 is 15.0 Å². The molecule has 3 atom stereocenters. The fourth-order valence-electron chi connectivity index (χ4n) is 6.60. The molecule has 226 valence electrons. The normalized spacial score (nSPS) is 25.2. The predicted octanol–water partition coefficient (Wildman–Crippen LogP) is 3.02. The lowest BCUT2D eigenvalue weighted by molar-refractivity contribution is -0.121. The van der Waals surface area contributed by atoms with E-state index in [0.29, 0.717) is 43.7 Å². The summed E-state index contributed by atoms with van der Waals surface area (Å²) in [6.07, 6.45) is 1.25. The molecule has 1 amide bonds. The van der Waals surface area contributed by atoms with E-state index in [9.17, 15) is 9.18 Å². The van der Waals surface area contributed by atoms with Gasteiger partial charge >= 0.3 is 5.92 Å². The van der Waals surface area contributed by atoms with Crippen LogP contribution in [-0.2, 0) is 20.9 Å². The van der Waals surface area contributed by atoms with Crippen molar-refractivity contribution >= 4 is 17.2 Å². The van der Waals surface area contributed by atoms with Crippen LogP contribution in [0.1, 0.15) is 44.5 Å². The zero-order valence-electron chi connectivity index (χ0n) is 24.5. The van der Waals surface area contributed by atoms with Crippen molar-refractivity contribution in [1.29, 1.82) is 0 Å². The number of piperazine rings is 1. The van der Waals surface area contributed by atoms with Crippen molar-refractivity contribution in [3.8, 4) is 0 Å². The molecule has 2 aromatic heterocycles. The average Bonchev–Trinajstić information content (AvgIpc) is 3.53. The highest BCUT2D eigenvalue weighted by Crippen LogP contribution is 2.46. The van der Waals surface area contributed by atoms with Crippen molar-refractivity contribution in [2.24, 2.45) is 0 Å². The summed E-state index contributed by atoms with van der Waals surface area (Å²) in [5, 5.41) is 7.86. The highest BCUT2D eigenvalue weighted by atomic mass is 19.3. The van der Waals surface area contributed by atoms with Crippen molar-refractivity contribution in [3.63, 3.8) is 0 Å². The molecule has 2 saturated heterocycles. The number of ether oxygens (including phenoxy) is 1. The van der Waals surface area contributed by atoms with Crippen LogP contribution in [0.2, 0.25) is 0 Å². The van der Waals surface area contributed by atoms with E-state index in [1.165, 1.54) is 16.9 Å². The zero-order chi connectivity index (χ0) is 29.8. The summed E-state index contributed by atoms with van der Waals surface area (Å²) in [7, 11) is 0. The number of alkyl halides is 2. The van der Waals surface area contributed by atoms with E-state index >= 15 is 8.78 Å². The third-order valence-electron chi connectivity index (χ3n) is 8.87. The van der Waals surface area contributed by atoms with Gasteiger partial charge in [0.1, 0.15) is 12.1 Å². The minimum Gasteiger partial charge on any atom is -0.379 e. The number of halogens is 3. The van der Waals surface area contributed by atoms with Gasteiger partial charge in [0.15, 0.2) is 5.65 Å². The predicted molar refractivity (Wildman–Crippen MR) is 152 cm³/mol. The lowest BCUT2D eigenvalue weighted by Gasteiger charge is -2.43. The molecule has 1 N–H and O–H groups in total. The third-order valence-corrected chi connectivity index (χ3v) is 8.87. The van der Waals surface area contributed by atoms with Crippen LogP contribution in [0.5, 0.6) is 0 Å². The molecular formula is C30H38F3N7O2. The fraction of sp³-hybridized carbons (Fsp3) is 0.567. The first-order chi connectivity index (χ1) is 20.0. The summed E-state index contributed by atoms with van der Waals surface area (Å²) in [4.78, 5) is 24.5. The SMILES string of the molecule is C[C@@H]1CN(CC(=O)N2CC(C)(C)c3c2cc(C(F)(F)c2ccc(F)cc2)c2ncnn32)[C@@H](CN2CCOC[C@H]2C)CN1. The van der Waals surface area contributed by atoms with Gasteiger partial charge in [-0.15, -0.1) is 0 Å². The van der Waals surface area contributed by atoms with Gasteiger partial charge in [0.05, 0.1) is 36.7 Å². The van der Waals surface area contributed by atoms with Gasteiger partial charge in [0.2, 0.25) is 5.91 Å². The van der Waals surface area contributed by atoms with Crippen LogP contribution in [0, 0.1) is 5.82 Å². The highest BCUT2D eigenvalue weighted by Gasteiger charge is 2.46. The lowest BCUT2D eigenvalue weighted by Crippen LogP contribution is -2.62. The Balaban J connectivity index is 1.33. The van der Waals surface area contributed by atoms with E-state index in [1.54, 1.807) is 4.90 Å². The van der Waals surface area contributed by atoms with E-state index in [1.807, 2.05) is 13.8 Å². The molecule has 12 heteroatoms. The summed E-state index contributed by atoms with van der Waals surface area (Å²) in [5.74, 6) is -4.24. The van der Waals surface area contributed by atoms with Crippen LogP contribution < -0.4 is 10.2 Å². The molecular weight excluding hydrogens is 547 g/mol. The van der Waals surface area contributed by atoms with E-state index in [2.05, 4.69) is 39.0 Å². The molecule has 0 spiro atoms. The number of rotatable bonds is 6. The monoisotopic (exact) mass is 585 g/mol. The van der Waals surface area contributed by atoms with Crippen molar-refractivity contribution < 1.29 is 22.7 Å². The van der Waals surface area contributed by atoms with Crippen LogP contribution in [0.4, 0.5) is 18.9 Å². The first-order valence-electron chi connectivity index (χ1n) is 14.6. The Labute approximate surface area is 243 Å². The van der Waals surface area contributed by atoms with E-state index < -0.39 is 17.2 Å². The molecule has 0 saturated carbocycles. The number of benzene rings is 1. The Kier molecular flexibility index (Phi) is 7.53. The number of amides is 1. The molecule has 0 bridgehead atoms. The zero-order valence-corrected chi connectivity index (χ0v) is 24.5. The second-order valence-corrected chi connectivity index (χ2v) is 12.5. The molecule has 2 fully saturated rings. The molecule has 6 rings (SSSR count). The van der Waals surface area contributed by atoms with Gasteiger partial charge in [-0.1, -0.05) is 13.8 Å². The number of nitrogens with one attached hydrogen (secondary N) is 1. The number of fused-ring (bicyclic) bond motifs is 3. The molecule has 0 radical (unpaired) electrons. The Hall–Kier alpha value is -3.06. The molecule has 42 heavy (non-hydrogen) atoms. The van der Waals surface area contributed by atoms with Crippen molar-refractivity contribution in [3.05, 3.63) is 59.3 Å². The maximum absolute atomic E-state index is 16.0. The van der Waals surface area contributed by atoms with Gasteiger partial charge in [0, 0.05) is 61.8 Å². The fourth-order valence-corrected chi connectivity index (χ4v) is 6.60. The molecule has 0 aliphatic carbocycles. The first kappa shape index (κ1) is 29.0. The number of pyridine rings is 1. The maximum atomic E-state index is 16.0. The van der Waals surface area contributed by atoms with Crippen molar-refractivity contribution in [2.45, 2.75) is 57.2 Å². The minimum absolute atomic E-state index is 0.0149. The number of anilines is 1. The Morgan fingerprint density at radius 2 is 1.95 bits per heavy atom. The molecule has 1 aromatic carbocycles. The van der Waals surface area contributed by atoms with Gasteiger partial charge in [-0.3, -0.25) is 14.6 Å². The average molecular weight is 586 g/mol. The smallest absolute Gasteiger partial charge is 0.302 e. The number of hydrogen-bond acceptors (Lipinski definition) is 7. The maximum Gasteiger partial charge on any atom is 0.302 e. The van der Waals surface area contributed by atoms with Crippen LogP contribution in [0.15, 0.2) is 36.7 Å². The van der Waals surface area contributed by atoms with Crippen molar-refractivity contribution in [2.75, 3.05) is 57.4 Å². The summed E-state index contributed by atoms with van der Waals surface area (Å²) >= 11 is 0. The number of hydrogen-bond donors (Lipinski definition) is 1. The number of carbonyl (C=O) groups excluding carboxylic acids is 1. The molecule has 3 aliphatic rings. The molecule has 0 unspecified atom stereocenters. The largest absolute Gasteiger partial charge is 0.379 e. The van der Waals surface area contributed by atoms with Crippen LogP contribution in [0.25, 0.3) is 5.65 Å². The molecule has 3 aliphatic heterocycles. The van der Waals surface area contributed by atoms with Gasteiger partial charge in [-0.05, 0) is 44.2 Å². The van der Waals surface area contributed by atoms with Gasteiger partial charge in [0.25, 0.3) is 0 Å². The summed E-state index contributed by atoms with van der Waals surface area (Å²) in [6.45, 7) is 13.2. The highest BCUT2D eigenvalue weighted by molar-refractivity contribution is 5.98. The standard InChI is InChI=1S/C30H38F3N7O2/c1-19-13-38(23(12-34-19)14-37-9-10-42-16-20(37)2)15-26(41)39-17-29(3,4)27-25(39)11-24(28-35-18-36-40(27)28)30(32,33)21-5-7-22(31)8-6-21/h5-8,11,18-20,23,34H,9-10,12-17H2,1-4H3/t19-,20-,23-/m1/s1. The summed E-state index contributed by atoms with van der Waals surface area (Å²) < 4.78 is 52.6. The second kappa shape index (κ2) is 10.9. The number of nitrogens with zero attached hydrogens (tertiary/aromatic N) is 6. The van der Waals surface area contributed by atoms with Gasteiger partial charge in [-0.2, -0.15) is 13.9 Å². The topological polar surface area (TPSA) is 78.2 Å². The third kappa shape index (κ3) is 5.18. The van der Waals surface area contributed by atoms with E-state index in [-0.39, 0.29) is 41.3 Å². The number of carbonyl (C=O) groups is 1. The lowest BCUT2D eigenvalue weighted by atomic mass is 9.90. The van der Waals surface area contributed by atoms with Crippen LogP contribution >= 0.6 is 0 Å². The summed E-state index contributed by atoms with van der Waals surface area (Å²) in [5.41, 5.74) is -0.216. The Morgan fingerprint density at radius 3 is 2.69 bits per heavy atom. The van der Waals surface area contributed by atoms with Crippen LogP contribution in [-0.4, -0.2) is 101 Å². The van der Waals surface area contributed by atoms with Crippen LogP contribution in [0.3, 0.4) is 0 Å². The second-order valence-electron chi connectivity index (χ2n) is 12.5. The number of aromatic nitrogens is 3. The number of morpholine rings is 1. The summed E-state index contributed by atoms with van der Waals surface area (Å²) in [6, 6.07) is 6.19. The Bertz CT molecular complexity index is 1460. The van der Waals surface area contributed by atoms with Gasteiger partial charge in [-0.25, -0.2) is 13.9 Å². The van der Waals surface area contributed by atoms with E-state index in [0.717, 1.165) is 43.9 Å².